The van der Waals surface area contributed by atoms with E-state index in [0.717, 1.165) is 0 Å². The largest absolute Gasteiger partial charge is 0.469 e. The third kappa shape index (κ3) is 2.45. The first-order valence-corrected chi connectivity index (χ1v) is 4.25. The maximum absolute atomic E-state index is 13.2. The number of carbonyl (C=O) groups is 1. The van der Waals surface area contributed by atoms with Crippen molar-refractivity contribution in [3.05, 3.63) is 29.6 Å². The minimum atomic E-state index is -0.381. The van der Waals surface area contributed by atoms with Gasteiger partial charge in [-0.25, -0.2) is 4.39 Å². The number of ether oxygens (including phenoxy) is 1. The lowest BCUT2D eigenvalue weighted by molar-refractivity contribution is -0.140. The molecule has 0 fully saturated rings. The predicted octanol–water partition coefficient (Wildman–Crippen LogP) is 1.51. The van der Waals surface area contributed by atoms with E-state index in [4.69, 9.17) is 5.73 Å². The van der Waals surface area contributed by atoms with Crippen molar-refractivity contribution < 1.29 is 13.9 Å². The number of rotatable bonds is 3. The summed E-state index contributed by atoms with van der Waals surface area (Å²) in [4.78, 5) is 10.8. The molecule has 0 aromatic heterocycles. The highest BCUT2D eigenvalue weighted by molar-refractivity contribution is 5.70. The Kier molecular flexibility index (Phi) is 3.45. The second-order valence-corrected chi connectivity index (χ2v) is 2.88. The van der Waals surface area contributed by atoms with E-state index in [2.05, 4.69) is 4.74 Å². The topological polar surface area (TPSA) is 52.3 Å². The number of esters is 1. The van der Waals surface area contributed by atoms with Crippen LogP contribution in [0, 0.1) is 5.82 Å². The van der Waals surface area contributed by atoms with Gasteiger partial charge >= 0.3 is 5.97 Å². The van der Waals surface area contributed by atoms with Crippen molar-refractivity contribution in [1.29, 1.82) is 0 Å². The zero-order valence-electron chi connectivity index (χ0n) is 7.92. The lowest BCUT2D eigenvalue weighted by Crippen LogP contribution is -2.05. The summed E-state index contributed by atoms with van der Waals surface area (Å²) in [7, 11) is 1.30. The third-order valence-electron chi connectivity index (χ3n) is 1.96. The SMILES string of the molecule is COC(=O)CCc1c(N)cccc1F. The van der Waals surface area contributed by atoms with Crippen LogP contribution in [-0.2, 0) is 16.0 Å². The van der Waals surface area contributed by atoms with E-state index in [1.54, 1.807) is 6.07 Å². The molecule has 14 heavy (non-hydrogen) atoms. The van der Waals surface area contributed by atoms with Crippen LogP contribution in [0.2, 0.25) is 0 Å². The molecule has 0 radical (unpaired) electrons. The maximum atomic E-state index is 13.2. The van der Waals surface area contributed by atoms with Crippen molar-refractivity contribution in [3.63, 3.8) is 0 Å². The Morgan fingerprint density at radius 1 is 1.57 bits per heavy atom. The van der Waals surface area contributed by atoms with E-state index >= 15 is 0 Å². The number of anilines is 1. The summed E-state index contributed by atoms with van der Waals surface area (Å²) in [5.41, 5.74) is 6.30. The normalized spacial score (nSPS) is 9.86. The third-order valence-corrected chi connectivity index (χ3v) is 1.96. The van der Waals surface area contributed by atoms with Crippen molar-refractivity contribution in [2.45, 2.75) is 12.8 Å². The van der Waals surface area contributed by atoms with E-state index in [0.29, 0.717) is 11.3 Å². The highest BCUT2D eigenvalue weighted by Crippen LogP contribution is 2.17. The minimum Gasteiger partial charge on any atom is -0.469 e. The lowest BCUT2D eigenvalue weighted by atomic mass is 10.1. The van der Waals surface area contributed by atoms with Gasteiger partial charge in [0.25, 0.3) is 0 Å². The first-order valence-electron chi connectivity index (χ1n) is 4.25. The second kappa shape index (κ2) is 4.60. The molecule has 0 atom stereocenters. The first kappa shape index (κ1) is 10.5. The Labute approximate surface area is 81.7 Å². The number of methoxy groups -OCH3 is 1. The molecule has 0 saturated carbocycles. The summed E-state index contributed by atoms with van der Waals surface area (Å²) in [6, 6.07) is 4.46. The molecule has 0 unspecified atom stereocenters. The predicted molar refractivity (Wildman–Crippen MR) is 51.1 cm³/mol. The van der Waals surface area contributed by atoms with Gasteiger partial charge < -0.3 is 10.5 Å². The fourth-order valence-corrected chi connectivity index (χ4v) is 1.17. The second-order valence-electron chi connectivity index (χ2n) is 2.88. The molecule has 1 rings (SSSR count). The van der Waals surface area contributed by atoms with Gasteiger partial charge in [-0.15, -0.1) is 0 Å². The van der Waals surface area contributed by atoms with Crippen molar-refractivity contribution in [2.75, 3.05) is 12.8 Å². The number of benzene rings is 1. The Bertz CT molecular complexity index is 319. The van der Waals surface area contributed by atoms with Gasteiger partial charge in [-0.2, -0.15) is 0 Å². The molecule has 0 amide bonds. The summed E-state index contributed by atoms with van der Waals surface area (Å²) < 4.78 is 17.6. The van der Waals surface area contributed by atoms with Crippen molar-refractivity contribution in [2.24, 2.45) is 0 Å². The Morgan fingerprint density at radius 2 is 2.29 bits per heavy atom. The number of hydrogen-bond acceptors (Lipinski definition) is 3. The summed E-state index contributed by atoms with van der Waals surface area (Å²) in [5.74, 6) is -0.749. The lowest BCUT2D eigenvalue weighted by Gasteiger charge is -2.05. The fourth-order valence-electron chi connectivity index (χ4n) is 1.17. The molecular weight excluding hydrogens is 185 g/mol. The highest BCUT2D eigenvalue weighted by atomic mass is 19.1. The van der Waals surface area contributed by atoms with Crippen LogP contribution in [0.15, 0.2) is 18.2 Å². The van der Waals surface area contributed by atoms with E-state index in [1.807, 2.05) is 0 Å². The molecule has 0 saturated heterocycles. The number of hydrogen-bond donors (Lipinski definition) is 1. The quantitative estimate of drug-likeness (QED) is 0.590. The molecule has 1 aromatic carbocycles. The van der Waals surface area contributed by atoms with Gasteiger partial charge in [0.15, 0.2) is 0 Å². The molecule has 4 heteroatoms. The maximum Gasteiger partial charge on any atom is 0.305 e. The van der Waals surface area contributed by atoms with Crippen LogP contribution in [-0.4, -0.2) is 13.1 Å². The average Bonchev–Trinajstić information content (AvgIpc) is 2.16. The first-order chi connectivity index (χ1) is 6.65. The van der Waals surface area contributed by atoms with Gasteiger partial charge in [0.1, 0.15) is 5.82 Å². The number of halogens is 1. The molecule has 0 aliphatic heterocycles. The number of nitrogens with two attached hydrogens (primary N) is 1. The van der Waals surface area contributed by atoms with Crippen molar-refractivity contribution in [3.8, 4) is 0 Å². The van der Waals surface area contributed by atoms with Crippen LogP contribution in [0.5, 0.6) is 0 Å². The van der Waals surface area contributed by atoms with Crippen LogP contribution >= 0.6 is 0 Å². The molecule has 3 nitrogen and oxygen atoms in total. The van der Waals surface area contributed by atoms with Crippen LogP contribution in [0.1, 0.15) is 12.0 Å². The van der Waals surface area contributed by atoms with Gasteiger partial charge in [0.2, 0.25) is 0 Å². The summed E-state index contributed by atoms with van der Waals surface area (Å²) in [6.07, 6.45) is 0.410. The zero-order chi connectivity index (χ0) is 10.6. The van der Waals surface area contributed by atoms with Gasteiger partial charge in [0.05, 0.1) is 7.11 Å². The Balaban J connectivity index is 2.71. The average molecular weight is 197 g/mol. The Hall–Kier alpha value is -1.58. The van der Waals surface area contributed by atoms with Crippen LogP contribution in [0.3, 0.4) is 0 Å². The number of nitrogen functional groups attached to an aromatic ring is 1. The van der Waals surface area contributed by atoms with Gasteiger partial charge in [-0.1, -0.05) is 6.07 Å². The molecule has 2 N–H and O–H groups in total. The van der Waals surface area contributed by atoms with E-state index in [9.17, 15) is 9.18 Å². The van der Waals surface area contributed by atoms with Gasteiger partial charge in [-0.05, 0) is 18.6 Å². The molecule has 76 valence electrons. The molecule has 1 aromatic rings. The van der Waals surface area contributed by atoms with Gasteiger partial charge in [-0.3, -0.25) is 4.79 Å². The van der Waals surface area contributed by atoms with E-state index in [-0.39, 0.29) is 24.6 Å². The van der Waals surface area contributed by atoms with Gasteiger partial charge in [0, 0.05) is 17.7 Å². The standard InChI is InChI=1S/C10H12FNO2/c1-14-10(13)6-5-7-8(11)3-2-4-9(7)12/h2-4H,5-6,12H2,1H3. The smallest absolute Gasteiger partial charge is 0.305 e. The van der Waals surface area contributed by atoms with Crippen LogP contribution in [0.4, 0.5) is 10.1 Å². The highest BCUT2D eigenvalue weighted by Gasteiger charge is 2.08. The molecule has 0 spiro atoms. The zero-order valence-corrected chi connectivity index (χ0v) is 7.92. The van der Waals surface area contributed by atoms with Crippen LogP contribution in [0.25, 0.3) is 0 Å². The molecule has 0 aliphatic carbocycles. The van der Waals surface area contributed by atoms with Crippen molar-refractivity contribution >= 4 is 11.7 Å². The Morgan fingerprint density at radius 3 is 2.86 bits per heavy atom. The minimum absolute atomic E-state index is 0.141. The van der Waals surface area contributed by atoms with Crippen LogP contribution < -0.4 is 5.73 Å². The molecule has 0 bridgehead atoms. The monoisotopic (exact) mass is 197 g/mol. The van der Waals surface area contributed by atoms with E-state index < -0.39 is 0 Å². The molecule has 0 aliphatic rings. The van der Waals surface area contributed by atoms with E-state index in [1.165, 1.54) is 19.2 Å². The summed E-state index contributed by atoms with van der Waals surface area (Å²) in [5, 5.41) is 0. The fraction of sp³-hybridized carbons (Fsp3) is 0.300. The summed E-state index contributed by atoms with van der Waals surface area (Å²) in [6.45, 7) is 0. The summed E-state index contributed by atoms with van der Waals surface area (Å²) >= 11 is 0. The van der Waals surface area contributed by atoms with Crippen molar-refractivity contribution in [1.82, 2.24) is 0 Å². The molecule has 0 heterocycles. The molecular formula is C10H12FNO2. The number of carbonyl (C=O) groups excluding carboxylic acids is 1.